The summed E-state index contributed by atoms with van der Waals surface area (Å²) < 4.78 is 38.7. The van der Waals surface area contributed by atoms with E-state index in [1.54, 1.807) is 23.9 Å². The van der Waals surface area contributed by atoms with Gasteiger partial charge in [-0.3, -0.25) is 0 Å². The summed E-state index contributed by atoms with van der Waals surface area (Å²) in [5, 5.41) is 17.4. The number of rotatable bonds is 4. The zero-order valence-corrected chi connectivity index (χ0v) is 14.5. The number of carboxylic acid groups (broad SMARTS) is 2. The van der Waals surface area contributed by atoms with E-state index in [2.05, 4.69) is 4.98 Å². The summed E-state index contributed by atoms with van der Waals surface area (Å²) in [6, 6.07) is 13.0. The zero-order chi connectivity index (χ0) is 20.9. The molecule has 0 saturated carbocycles. The normalized spacial score (nSPS) is 10.9. The van der Waals surface area contributed by atoms with Crippen LogP contribution in [0.5, 0.6) is 5.88 Å². The van der Waals surface area contributed by atoms with Crippen molar-refractivity contribution in [3.8, 4) is 5.88 Å². The number of ether oxygens (including phenoxy) is 1. The number of aromatic carboxylic acids is 1. The number of pyridine rings is 1. The Hall–Kier alpha value is -3.56. The second-order valence-electron chi connectivity index (χ2n) is 5.45. The van der Waals surface area contributed by atoms with Gasteiger partial charge in [0.15, 0.2) is 0 Å². The molecule has 7 nitrogen and oxygen atoms in total. The number of aliphatic carboxylic acids is 1. The summed E-state index contributed by atoms with van der Waals surface area (Å²) in [4.78, 5) is 24.5. The minimum Gasteiger partial charge on any atom is -0.481 e. The summed E-state index contributed by atoms with van der Waals surface area (Å²) in [6.07, 6.45) is -3.44. The van der Waals surface area contributed by atoms with Gasteiger partial charge in [0.2, 0.25) is 5.88 Å². The van der Waals surface area contributed by atoms with Crippen molar-refractivity contribution in [2.45, 2.75) is 12.7 Å². The molecule has 0 aliphatic carbocycles. The number of hydrogen-bond donors (Lipinski definition) is 2. The van der Waals surface area contributed by atoms with Crippen molar-refractivity contribution < 1.29 is 37.7 Å². The van der Waals surface area contributed by atoms with E-state index in [0.717, 1.165) is 16.5 Å². The quantitative estimate of drug-likeness (QED) is 0.701. The molecule has 0 atom stereocenters. The van der Waals surface area contributed by atoms with E-state index < -0.39 is 18.1 Å². The highest BCUT2D eigenvalue weighted by Crippen LogP contribution is 2.23. The molecule has 28 heavy (non-hydrogen) atoms. The Labute approximate surface area is 156 Å². The van der Waals surface area contributed by atoms with Crippen LogP contribution in [0.2, 0.25) is 0 Å². The first kappa shape index (κ1) is 20.7. The standard InChI is InChI=1S/C16H14N2O3.C2HF3O2/c1-21-15-12(6-4-8-17-15)10-18-13-7-3-2-5-11(13)9-14(18)16(19)20;3-2(4,5)1(6)7/h2-9H,10H2,1H3,(H,19,20);(H,6,7). The largest absolute Gasteiger partial charge is 0.490 e. The molecule has 3 rings (SSSR count). The predicted molar refractivity (Wildman–Crippen MR) is 92.5 cm³/mol. The second-order valence-corrected chi connectivity index (χ2v) is 5.45. The van der Waals surface area contributed by atoms with Crippen LogP contribution in [0, 0.1) is 0 Å². The van der Waals surface area contributed by atoms with Gasteiger partial charge in [-0.2, -0.15) is 13.2 Å². The molecule has 0 amide bonds. The molecule has 0 fully saturated rings. The lowest BCUT2D eigenvalue weighted by Gasteiger charge is -2.11. The van der Waals surface area contributed by atoms with Gasteiger partial charge in [-0.25, -0.2) is 14.6 Å². The Morgan fingerprint density at radius 3 is 2.36 bits per heavy atom. The van der Waals surface area contributed by atoms with Crippen LogP contribution in [0.25, 0.3) is 10.9 Å². The Morgan fingerprint density at radius 1 is 1.14 bits per heavy atom. The van der Waals surface area contributed by atoms with Gasteiger partial charge < -0.3 is 19.5 Å². The summed E-state index contributed by atoms with van der Waals surface area (Å²) >= 11 is 0. The van der Waals surface area contributed by atoms with Crippen molar-refractivity contribution in [3.63, 3.8) is 0 Å². The molecule has 0 aliphatic rings. The Balaban J connectivity index is 0.000000345. The van der Waals surface area contributed by atoms with E-state index in [1.807, 2.05) is 36.4 Å². The summed E-state index contributed by atoms with van der Waals surface area (Å²) in [6.45, 7) is 0.395. The van der Waals surface area contributed by atoms with Crippen LogP contribution >= 0.6 is 0 Å². The third kappa shape index (κ3) is 4.78. The van der Waals surface area contributed by atoms with Crippen LogP contribution in [0.3, 0.4) is 0 Å². The lowest BCUT2D eigenvalue weighted by Crippen LogP contribution is -2.21. The van der Waals surface area contributed by atoms with Gasteiger partial charge in [-0.1, -0.05) is 24.3 Å². The lowest BCUT2D eigenvalue weighted by molar-refractivity contribution is -0.192. The fraction of sp³-hybridized carbons (Fsp3) is 0.167. The maximum atomic E-state index is 11.5. The molecule has 0 aliphatic heterocycles. The van der Waals surface area contributed by atoms with Gasteiger partial charge in [0, 0.05) is 22.7 Å². The highest BCUT2D eigenvalue weighted by molar-refractivity contribution is 5.94. The van der Waals surface area contributed by atoms with Gasteiger partial charge in [0.05, 0.1) is 13.7 Å². The number of carboxylic acids is 2. The third-order valence-corrected chi connectivity index (χ3v) is 3.64. The van der Waals surface area contributed by atoms with E-state index in [0.29, 0.717) is 12.4 Å². The second kappa shape index (κ2) is 8.42. The van der Waals surface area contributed by atoms with Gasteiger partial charge in [0.25, 0.3) is 0 Å². The number of aromatic nitrogens is 2. The molecule has 2 N–H and O–H groups in total. The molecule has 0 spiro atoms. The Morgan fingerprint density at radius 2 is 1.79 bits per heavy atom. The van der Waals surface area contributed by atoms with Crippen LogP contribution in [-0.4, -0.2) is 45.0 Å². The van der Waals surface area contributed by atoms with Crippen LogP contribution in [0.15, 0.2) is 48.7 Å². The molecular weight excluding hydrogens is 381 g/mol. The molecule has 0 unspecified atom stereocenters. The molecule has 2 aromatic heterocycles. The summed E-state index contributed by atoms with van der Waals surface area (Å²) in [5.74, 6) is -3.20. The maximum absolute atomic E-state index is 11.5. The van der Waals surface area contributed by atoms with Crippen molar-refractivity contribution in [1.29, 1.82) is 0 Å². The number of nitrogens with zero attached hydrogens (tertiary/aromatic N) is 2. The number of carbonyl (C=O) groups is 2. The van der Waals surface area contributed by atoms with Crippen LogP contribution in [0.4, 0.5) is 13.2 Å². The van der Waals surface area contributed by atoms with Crippen LogP contribution < -0.4 is 4.74 Å². The molecule has 148 valence electrons. The molecular formula is C18H15F3N2O5. The van der Waals surface area contributed by atoms with Crippen molar-refractivity contribution in [3.05, 3.63) is 59.9 Å². The van der Waals surface area contributed by atoms with E-state index >= 15 is 0 Å². The van der Waals surface area contributed by atoms with Crippen LogP contribution in [-0.2, 0) is 11.3 Å². The number of benzene rings is 1. The van der Waals surface area contributed by atoms with Crippen molar-refractivity contribution in [2.24, 2.45) is 0 Å². The van der Waals surface area contributed by atoms with E-state index in [1.165, 1.54) is 0 Å². The van der Waals surface area contributed by atoms with Gasteiger partial charge in [-0.15, -0.1) is 0 Å². The Bertz CT molecular complexity index is 998. The number of para-hydroxylation sites is 1. The topological polar surface area (TPSA) is 102 Å². The number of alkyl halides is 3. The summed E-state index contributed by atoms with van der Waals surface area (Å²) in [5.41, 5.74) is 1.96. The van der Waals surface area contributed by atoms with Crippen molar-refractivity contribution >= 4 is 22.8 Å². The number of halogens is 3. The number of methoxy groups -OCH3 is 1. The van der Waals surface area contributed by atoms with E-state index in [9.17, 15) is 23.1 Å². The van der Waals surface area contributed by atoms with Crippen LogP contribution in [0.1, 0.15) is 16.1 Å². The lowest BCUT2D eigenvalue weighted by atomic mass is 10.2. The van der Waals surface area contributed by atoms with Crippen molar-refractivity contribution in [2.75, 3.05) is 7.11 Å². The molecule has 10 heteroatoms. The Kier molecular flexibility index (Phi) is 6.24. The predicted octanol–water partition coefficient (Wildman–Crippen LogP) is 3.42. The van der Waals surface area contributed by atoms with E-state index in [4.69, 9.17) is 14.6 Å². The van der Waals surface area contributed by atoms with E-state index in [-0.39, 0.29) is 5.69 Å². The molecule has 0 saturated heterocycles. The first-order valence-corrected chi connectivity index (χ1v) is 7.74. The third-order valence-electron chi connectivity index (χ3n) is 3.64. The van der Waals surface area contributed by atoms with Crippen molar-refractivity contribution in [1.82, 2.24) is 9.55 Å². The number of hydrogen-bond acceptors (Lipinski definition) is 4. The monoisotopic (exact) mass is 396 g/mol. The summed E-state index contributed by atoms with van der Waals surface area (Å²) in [7, 11) is 1.55. The minimum absolute atomic E-state index is 0.252. The fourth-order valence-corrected chi connectivity index (χ4v) is 2.46. The molecule has 1 aromatic carbocycles. The van der Waals surface area contributed by atoms with Gasteiger partial charge in [-0.05, 0) is 18.2 Å². The minimum atomic E-state index is -5.08. The molecule has 3 aromatic rings. The average molecular weight is 396 g/mol. The smallest absolute Gasteiger partial charge is 0.481 e. The highest BCUT2D eigenvalue weighted by atomic mass is 19.4. The highest BCUT2D eigenvalue weighted by Gasteiger charge is 2.38. The first-order chi connectivity index (χ1) is 13.1. The molecule has 0 bridgehead atoms. The SMILES string of the molecule is COc1ncccc1Cn1c(C(=O)O)cc2ccccc21.O=C(O)C(F)(F)F. The van der Waals surface area contributed by atoms with Gasteiger partial charge >= 0.3 is 18.1 Å². The molecule has 2 heterocycles. The van der Waals surface area contributed by atoms with Gasteiger partial charge in [0.1, 0.15) is 5.69 Å². The fourth-order valence-electron chi connectivity index (χ4n) is 2.46. The first-order valence-electron chi connectivity index (χ1n) is 7.74. The number of fused-ring (bicyclic) bond motifs is 1. The zero-order valence-electron chi connectivity index (χ0n) is 14.5. The molecule has 0 radical (unpaired) electrons. The maximum Gasteiger partial charge on any atom is 0.490 e. The average Bonchev–Trinajstić information content (AvgIpc) is 3.01.